The molecular weight excluding hydrogens is 516 g/mol. The van der Waals surface area contributed by atoms with Gasteiger partial charge in [-0.3, -0.25) is 0 Å². The molecule has 0 radical (unpaired) electrons. The van der Waals surface area contributed by atoms with E-state index in [0.717, 1.165) is 65.0 Å². The Morgan fingerprint density at radius 2 is 1.83 bits per heavy atom. The number of benzene rings is 2. The maximum atomic E-state index is 12.0. The lowest BCUT2D eigenvalue weighted by molar-refractivity contribution is 0.0530. The summed E-state index contributed by atoms with van der Waals surface area (Å²) in [6.45, 7) is 3.32. The molecule has 8 heteroatoms. The van der Waals surface area contributed by atoms with Crippen LogP contribution in [-0.2, 0) is 11.3 Å². The van der Waals surface area contributed by atoms with Crippen LogP contribution in [-0.4, -0.2) is 54.0 Å². The summed E-state index contributed by atoms with van der Waals surface area (Å²) in [4.78, 5) is 14.1. The van der Waals surface area contributed by atoms with Crippen molar-refractivity contribution in [1.82, 2.24) is 9.47 Å². The van der Waals surface area contributed by atoms with Gasteiger partial charge in [-0.15, -0.1) is 0 Å². The minimum absolute atomic E-state index is 0.280. The van der Waals surface area contributed by atoms with Crippen molar-refractivity contribution in [3.8, 4) is 17.0 Å². The van der Waals surface area contributed by atoms with Gasteiger partial charge in [0.2, 0.25) is 0 Å². The summed E-state index contributed by atoms with van der Waals surface area (Å²) in [5.74, 6) is 0.916. The Morgan fingerprint density at radius 1 is 1.05 bits per heavy atom. The van der Waals surface area contributed by atoms with Crippen LogP contribution in [0.15, 0.2) is 65.6 Å². The molecule has 3 heterocycles. The fourth-order valence-electron chi connectivity index (χ4n) is 6.56. The van der Waals surface area contributed by atoms with Crippen LogP contribution < -0.4 is 16.2 Å². The van der Waals surface area contributed by atoms with E-state index in [1.54, 1.807) is 13.2 Å². The smallest absolute Gasteiger partial charge is 0.335 e. The molecule has 1 saturated heterocycles. The lowest BCUT2D eigenvalue weighted by Crippen LogP contribution is -2.38. The third-order valence-corrected chi connectivity index (χ3v) is 8.72. The SMILES string of the molecule is COc1ccc2c(c1)C=C(/C(N)=C/C=C(\N)N1CCOCC1)Cn1c-2c(C2CCCCC2)c2ccc(C(=O)O)cc21. The molecule has 5 N–H and O–H groups in total. The van der Waals surface area contributed by atoms with Gasteiger partial charge < -0.3 is 35.5 Å². The number of fused-ring (bicyclic) bond motifs is 5. The Balaban J connectivity index is 1.53. The maximum absolute atomic E-state index is 12.0. The largest absolute Gasteiger partial charge is 0.497 e. The number of aromatic carboxylic acids is 1. The van der Waals surface area contributed by atoms with Crippen LogP contribution in [0.2, 0.25) is 0 Å². The fourth-order valence-corrected chi connectivity index (χ4v) is 6.56. The van der Waals surface area contributed by atoms with E-state index in [1.165, 1.54) is 24.8 Å². The number of carboxylic acid groups (broad SMARTS) is 1. The monoisotopic (exact) mass is 554 g/mol. The third kappa shape index (κ3) is 5.20. The van der Waals surface area contributed by atoms with Crippen molar-refractivity contribution in [3.05, 3.63) is 82.3 Å². The van der Waals surface area contributed by atoms with Gasteiger partial charge in [-0.1, -0.05) is 25.3 Å². The zero-order chi connectivity index (χ0) is 28.5. The molecule has 1 saturated carbocycles. The van der Waals surface area contributed by atoms with Crippen molar-refractivity contribution in [2.45, 2.75) is 44.6 Å². The summed E-state index contributed by atoms with van der Waals surface area (Å²) in [7, 11) is 1.68. The van der Waals surface area contributed by atoms with Crippen molar-refractivity contribution >= 4 is 22.9 Å². The Labute approximate surface area is 240 Å². The van der Waals surface area contributed by atoms with Gasteiger partial charge in [0.25, 0.3) is 0 Å². The molecule has 8 nitrogen and oxygen atoms in total. The molecule has 2 aliphatic heterocycles. The van der Waals surface area contributed by atoms with Crippen molar-refractivity contribution in [3.63, 3.8) is 0 Å². The van der Waals surface area contributed by atoms with Gasteiger partial charge in [0, 0.05) is 35.3 Å². The summed E-state index contributed by atoms with van der Waals surface area (Å²) in [5, 5.41) is 11.0. The van der Waals surface area contributed by atoms with E-state index in [0.29, 0.717) is 37.2 Å². The second-order valence-electron chi connectivity index (χ2n) is 11.2. The molecule has 2 aromatic carbocycles. The molecule has 6 rings (SSSR count). The lowest BCUT2D eigenvalue weighted by Gasteiger charge is -2.28. The van der Waals surface area contributed by atoms with Gasteiger partial charge in [0.1, 0.15) is 5.75 Å². The van der Waals surface area contributed by atoms with Gasteiger partial charge in [-0.05, 0) is 84.0 Å². The van der Waals surface area contributed by atoms with E-state index in [1.807, 2.05) is 30.4 Å². The molecule has 3 aromatic rings. The number of rotatable bonds is 6. The van der Waals surface area contributed by atoms with E-state index >= 15 is 0 Å². The number of nitrogens with two attached hydrogens (primary N) is 2. The van der Waals surface area contributed by atoms with Gasteiger partial charge in [0.15, 0.2) is 0 Å². The molecule has 0 spiro atoms. The Bertz CT molecular complexity index is 1570. The number of hydrogen-bond donors (Lipinski definition) is 3. The van der Waals surface area contributed by atoms with Crippen molar-refractivity contribution in [1.29, 1.82) is 0 Å². The number of nitrogens with zero attached hydrogens (tertiary/aromatic N) is 2. The number of hydrogen-bond acceptors (Lipinski definition) is 6. The van der Waals surface area contributed by atoms with Crippen LogP contribution in [0.4, 0.5) is 0 Å². The van der Waals surface area contributed by atoms with Crippen molar-refractivity contribution in [2.24, 2.45) is 11.5 Å². The average molecular weight is 555 g/mol. The van der Waals surface area contributed by atoms with Gasteiger partial charge in [-0.2, -0.15) is 0 Å². The summed E-state index contributed by atoms with van der Waals surface area (Å²) >= 11 is 0. The first-order valence-corrected chi connectivity index (χ1v) is 14.5. The number of aromatic nitrogens is 1. The van der Waals surface area contributed by atoms with Crippen LogP contribution in [0.1, 0.15) is 59.5 Å². The number of carboxylic acids is 1. The minimum atomic E-state index is -0.931. The summed E-state index contributed by atoms with van der Waals surface area (Å²) in [5.41, 5.74) is 20.5. The molecule has 2 fully saturated rings. The van der Waals surface area contributed by atoms with E-state index in [2.05, 4.69) is 27.7 Å². The number of ether oxygens (including phenoxy) is 2. The van der Waals surface area contributed by atoms with Crippen LogP contribution in [0.25, 0.3) is 28.2 Å². The molecule has 1 aliphatic carbocycles. The number of morpholine rings is 1. The molecule has 0 atom stereocenters. The van der Waals surface area contributed by atoms with Crippen molar-refractivity contribution < 1.29 is 19.4 Å². The normalized spacial score (nSPS) is 18.5. The summed E-state index contributed by atoms with van der Waals surface area (Å²) in [6.07, 6.45) is 11.8. The highest BCUT2D eigenvalue weighted by Gasteiger charge is 2.30. The average Bonchev–Trinajstić information content (AvgIpc) is 3.22. The van der Waals surface area contributed by atoms with Crippen molar-refractivity contribution in [2.75, 3.05) is 33.4 Å². The summed E-state index contributed by atoms with van der Waals surface area (Å²) < 4.78 is 13.3. The maximum Gasteiger partial charge on any atom is 0.335 e. The first-order valence-electron chi connectivity index (χ1n) is 14.5. The van der Waals surface area contributed by atoms with Crippen LogP contribution in [0, 0.1) is 0 Å². The second-order valence-corrected chi connectivity index (χ2v) is 11.2. The number of methoxy groups -OCH3 is 1. The fraction of sp³-hybridized carbons (Fsp3) is 0.364. The topological polar surface area (TPSA) is 116 Å². The first-order chi connectivity index (χ1) is 19.9. The van der Waals surface area contributed by atoms with Crippen LogP contribution in [0.5, 0.6) is 5.75 Å². The van der Waals surface area contributed by atoms with Crippen LogP contribution in [0.3, 0.4) is 0 Å². The predicted molar refractivity (Wildman–Crippen MR) is 162 cm³/mol. The van der Waals surface area contributed by atoms with E-state index in [4.69, 9.17) is 20.9 Å². The highest BCUT2D eigenvalue weighted by atomic mass is 16.5. The number of carbonyl (C=O) groups is 1. The zero-order valence-electron chi connectivity index (χ0n) is 23.6. The highest BCUT2D eigenvalue weighted by Crippen LogP contribution is 2.47. The molecule has 0 bridgehead atoms. The lowest BCUT2D eigenvalue weighted by atomic mass is 9.81. The quantitative estimate of drug-likeness (QED) is 0.348. The van der Waals surface area contributed by atoms with Gasteiger partial charge in [0.05, 0.1) is 43.9 Å². The molecule has 0 amide bonds. The molecule has 41 heavy (non-hydrogen) atoms. The zero-order valence-corrected chi connectivity index (χ0v) is 23.6. The minimum Gasteiger partial charge on any atom is -0.497 e. The predicted octanol–water partition coefficient (Wildman–Crippen LogP) is 5.43. The Morgan fingerprint density at radius 3 is 2.56 bits per heavy atom. The Kier molecular flexibility index (Phi) is 7.49. The first kappa shape index (κ1) is 27.0. The summed E-state index contributed by atoms with van der Waals surface area (Å²) in [6, 6.07) is 11.7. The van der Waals surface area contributed by atoms with Gasteiger partial charge in [-0.25, -0.2) is 4.79 Å². The van der Waals surface area contributed by atoms with Crippen LogP contribution >= 0.6 is 0 Å². The van der Waals surface area contributed by atoms with Gasteiger partial charge >= 0.3 is 5.97 Å². The van der Waals surface area contributed by atoms with E-state index < -0.39 is 5.97 Å². The van der Waals surface area contributed by atoms with E-state index in [9.17, 15) is 9.90 Å². The number of allylic oxidation sites excluding steroid dienone is 3. The molecule has 214 valence electrons. The van der Waals surface area contributed by atoms with E-state index in [-0.39, 0.29) is 5.56 Å². The third-order valence-electron chi connectivity index (χ3n) is 8.72. The molecule has 0 unspecified atom stereocenters. The molecule has 1 aromatic heterocycles. The highest BCUT2D eigenvalue weighted by molar-refractivity contribution is 5.99. The standard InChI is InChI=1S/C33H38N4O4/c1-40-25-8-10-26-23(18-25)17-24(28(34)11-12-30(35)36-13-15-41-16-14-36)20-37-29-19-22(33(38)39)7-9-27(29)31(32(26)37)21-5-3-2-4-6-21/h7-12,17-19,21H,2-6,13-16,20,34-35H2,1H3,(H,38,39)/b28-11-,30-12+. The Hall–Kier alpha value is -4.17. The molecular formula is C33H38N4O4. The second kappa shape index (κ2) is 11.4. The molecule has 3 aliphatic rings.